The first-order chi connectivity index (χ1) is 47.9. The average Bonchev–Trinajstić information content (AvgIpc) is 0.759. The number of carboxylic acids is 1. The molecule has 2 heterocycles. The minimum Gasteiger partial charge on any atom is -0.481 e. The molecule has 6 rings (SSSR count). The van der Waals surface area contributed by atoms with Crippen LogP contribution in [0.15, 0.2) is 70.5 Å². The van der Waals surface area contributed by atoms with E-state index in [0.717, 1.165) is 42.1 Å². The van der Waals surface area contributed by atoms with Gasteiger partial charge in [-0.05, 0) is 195 Å². The molecule has 0 fully saturated rings. The summed E-state index contributed by atoms with van der Waals surface area (Å²) in [5.41, 5.74) is -15.3. The molecule has 572 valence electrons. The molecular formula is C72H80F18N6O8. The van der Waals surface area contributed by atoms with Crippen LogP contribution in [0.3, 0.4) is 0 Å². The number of rotatable bonds is 27. The summed E-state index contributed by atoms with van der Waals surface area (Å²) in [5, 5.41) is 13.9. The Morgan fingerprint density at radius 3 is 1.14 bits per heavy atom. The maximum atomic E-state index is 16.6. The number of carbonyl (C=O) groups excluding carboxylic acids is 3. The van der Waals surface area contributed by atoms with Crippen molar-refractivity contribution in [1.82, 2.24) is 29.6 Å². The van der Waals surface area contributed by atoms with E-state index < -0.39 is 188 Å². The van der Waals surface area contributed by atoms with Crippen molar-refractivity contribution in [2.24, 2.45) is 11.8 Å². The van der Waals surface area contributed by atoms with Crippen molar-refractivity contribution in [3.8, 4) is 22.3 Å². The molecule has 0 saturated heterocycles. The molecule has 0 aliphatic heterocycles. The fraction of sp³-hybridized carbons (Fsp3) is 0.472. The lowest BCUT2D eigenvalue weighted by Crippen LogP contribution is -2.41. The first-order valence-corrected chi connectivity index (χ1v) is 32.6. The van der Waals surface area contributed by atoms with Gasteiger partial charge in [0.1, 0.15) is 47.0 Å². The minimum absolute atomic E-state index is 0.0948. The molecule has 3 N–H and O–H groups in total. The van der Waals surface area contributed by atoms with Crippen molar-refractivity contribution in [3.63, 3.8) is 0 Å². The highest BCUT2D eigenvalue weighted by atomic mass is 19.4. The van der Waals surface area contributed by atoms with Crippen molar-refractivity contribution in [3.05, 3.63) is 183 Å². The lowest BCUT2D eigenvalue weighted by atomic mass is 9.89. The zero-order chi connectivity index (χ0) is 78.9. The molecule has 0 radical (unpaired) electrons. The number of aryl methyl sites for hydroxylation is 4. The van der Waals surface area contributed by atoms with E-state index in [0.29, 0.717) is 29.8 Å². The van der Waals surface area contributed by atoms with Crippen LogP contribution in [-0.2, 0) is 61.5 Å². The predicted molar refractivity (Wildman–Crippen MR) is 350 cm³/mol. The molecule has 2 unspecified atom stereocenters. The highest BCUT2D eigenvalue weighted by Crippen LogP contribution is 2.45. The molecule has 14 nitrogen and oxygen atoms in total. The SMILES string of the molecule is CCOC(=O)C[C@H](NC(=O)C(CC(C)C)n1cc(CCCN(C)C)c(C(F)(F)F)cc1=O)c1c(F)c(-c2c(C)ccc(F)c2C)cc(C(F)(F)F)c1F.Cc1ccc(F)c(C)c1-c1cc(C(F)(F)F)c(F)c([C@H](CC(=O)O)NC(=O)C(CC(C)C)n2cc(CCCN(C)C)c(C(F)(F)F)cc2=O)c1F. The van der Waals surface area contributed by atoms with Gasteiger partial charge in [0.15, 0.2) is 0 Å². The second-order valence-corrected chi connectivity index (χ2v) is 26.5. The Kier molecular flexibility index (Phi) is 28.9. The highest BCUT2D eigenvalue weighted by molar-refractivity contribution is 5.84. The highest BCUT2D eigenvalue weighted by Gasteiger charge is 2.44. The summed E-state index contributed by atoms with van der Waals surface area (Å²) >= 11 is 0. The van der Waals surface area contributed by atoms with Gasteiger partial charge < -0.3 is 39.4 Å². The second kappa shape index (κ2) is 34.9. The summed E-state index contributed by atoms with van der Waals surface area (Å²) in [4.78, 5) is 82.5. The number of amides is 2. The summed E-state index contributed by atoms with van der Waals surface area (Å²) in [7, 11) is 6.81. The fourth-order valence-corrected chi connectivity index (χ4v) is 12.1. The number of carboxylic acid groups (broad SMARTS) is 1. The molecule has 0 bridgehead atoms. The Bertz CT molecular complexity index is 4230. The number of carbonyl (C=O) groups is 4. The molecule has 0 spiro atoms. The van der Waals surface area contributed by atoms with E-state index in [4.69, 9.17) is 4.74 Å². The van der Waals surface area contributed by atoms with Gasteiger partial charge in [0.25, 0.3) is 11.1 Å². The van der Waals surface area contributed by atoms with Crippen LogP contribution in [0.5, 0.6) is 0 Å². The van der Waals surface area contributed by atoms with E-state index in [1.165, 1.54) is 33.8 Å². The van der Waals surface area contributed by atoms with Gasteiger partial charge in [-0.3, -0.25) is 28.8 Å². The lowest BCUT2D eigenvalue weighted by molar-refractivity contribution is -0.144. The lowest BCUT2D eigenvalue weighted by Gasteiger charge is -2.28. The van der Waals surface area contributed by atoms with E-state index in [-0.39, 0.29) is 102 Å². The van der Waals surface area contributed by atoms with Gasteiger partial charge in [-0.25, -0.2) is 26.3 Å². The molecule has 0 aliphatic carbocycles. The van der Waals surface area contributed by atoms with Crippen molar-refractivity contribution in [2.75, 3.05) is 47.9 Å². The Morgan fingerprint density at radius 2 is 0.846 bits per heavy atom. The van der Waals surface area contributed by atoms with Crippen molar-refractivity contribution < 1.29 is 108 Å². The van der Waals surface area contributed by atoms with Gasteiger partial charge >= 0.3 is 36.6 Å². The number of hydrogen-bond acceptors (Lipinski definition) is 9. The second-order valence-electron chi connectivity index (χ2n) is 26.5. The average molecular weight is 1500 g/mol. The van der Waals surface area contributed by atoms with E-state index in [1.807, 2.05) is 0 Å². The fourth-order valence-electron chi connectivity index (χ4n) is 12.1. The number of ether oxygens (including phenoxy) is 1. The summed E-state index contributed by atoms with van der Waals surface area (Å²) in [6, 6.07) is -2.59. The Balaban J connectivity index is 0.000000374. The molecular weight excluding hydrogens is 1420 g/mol. The predicted octanol–water partition coefficient (Wildman–Crippen LogP) is 16.5. The molecule has 4 aromatic carbocycles. The summed E-state index contributed by atoms with van der Waals surface area (Å²) in [6.07, 6.45) is -21.9. The normalized spacial score (nSPS) is 13.5. The molecule has 32 heteroatoms. The van der Waals surface area contributed by atoms with Crippen LogP contribution in [0, 0.1) is 74.4 Å². The number of aromatic nitrogens is 2. The molecule has 0 aliphatic rings. The first kappa shape index (κ1) is 86.0. The third-order valence-electron chi connectivity index (χ3n) is 16.9. The molecule has 2 amide bonds. The molecule has 104 heavy (non-hydrogen) atoms. The van der Waals surface area contributed by atoms with Gasteiger partial charge in [0.05, 0.1) is 53.8 Å². The van der Waals surface area contributed by atoms with Crippen molar-refractivity contribution >= 4 is 23.8 Å². The van der Waals surface area contributed by atoms with Gasteiger partial charge in [-0.15, -0.1) is 0 Å². The molecule has 6 aromatic rings. The number of hydrogen-bond donors (Lipinski definition) is 3. The zero-order valence-corrected chi connectivity index (χ0v) is 58.9. The summed E-state index contributed by atoms with van der Waals surface area (Å²) < 4.78 is 270. The van der Waals surface area contributed by atoms with E-state index in [1.54, 1.807) is 65.7 Å². The number of halogens is 18. The Hall–Kier alpha value is -8.68. The van der Waals surface area contributed by atoms with Gasteiger partial charge in [0.2, 0.25) is 11.8 Å². The Labute approximate surface area is 587 Å². The van der Waals surface area contributed by atoms with E-state index >= 15 is 17.6 Å². The van der Waals surface area contributed by atoms with Crippen LogP contribution in [0.2, 0.25) is 0 Å². The largest absolute Gasteiger partial charge is 0.481 e. The maximum absolute atomic E-state index is 16.6. The number of aliphatic carboxylic acids is 1. The van der Waals surface area contributed by atoms with E-state index in [2.05, 4.69) is 10.6 Å². The molecule has 2 aromatic heterocycles. The first-order valence-electron chi connectivity index (χ1n) is 32.6. The van der Waals surface area contributed by atoms with Crippen LogP contribution in [0.4, 0.5) is 79.0 Å². The topological polar surface area (TPSA) is 172 Å². The van der Waals surface area contributed by atoms with E-state index in [9.17, 15) is 95.3 Å². The van der Waals surface area contributed by atoms with Gasteiger partial charge in [-0.2, -0.15) is 52.7 Å². The summed E-state index contributed by atoms with van der Waals surface area (Å²) in [6.45, 7) is 13.3. The zero-order valence-electron chi connectivity index (χ0n) is 58.9. The van der Waals surface area contributed by atoms with Gasteiger partial charge in [-0.1, -0.05) is 39.8 Å². The monoisotopic (exact) mass is 1500 g/mol. The van der Waals surface area contributed by atoms with Crippen molar-refractivity contribution in [2.45, 2.75) is 163 Å². The number of pyridine rings is 2. The third-order valence-corrected chi connectivity index (χ3v) is 16.9. The maximum Gasteiger partial charge on any atom is 0.419 e. The number of nitrogens with one attached hydrogen (secondary N) is 2. The van der Waals surface area contributed by atoms with Crippen LogP contribution >= 0.6 is 0 Å². The van der Waals surface area contributed by atoms with Crippen LogP contribution in [0.1, 0.15) is 164 Å². The van der Waals surface area contributed by atoms with Gasteiger partial charge in [0, 0.05) is 46.8 Å². The van der Waals surface area contributed by atoms with Crippen LogP contribution < -0.4 is 21.8 Å². The Morgan fingerprint density at radius 1 is 0.510 bits per heavy atom. The number of nitrogens with zero attached hydrogens (tertiary/aromatic N) is 4. The smallest absolute Gasteiger partial charge is 0.419 e. The third kappa shape index (κ3) is 21.5. The minimum atomic E-state index is -5.47. The van der Waals surface area contributed by atoms with Crippen LogP contribution in [-0.4, -0.2) is 95.7 Å². The number of esters is 1. The number of alkyl halides is 12. The van der Waals surface area contributed by atoms with Crippen LogP contribution in [0.25, 0.3) is 22.3 Å². The number of benzene rings is 4. The molecule has 0 saturated carbocycles. The summed E-state index contributed by atoms with van der Waals surface area (Å²) in [5.74, 6) is -16.0. The molecule has 4 atom stereocenters. The quantitative estimate of drug-likeness (QED) is 0.0333. The standard InChI is InChI=1S/C37H42F9N3O4.C35H38F9N3O4/c1-8-53-30(51)17-27(32-33(39)23(15-25(34(32)40)37(44,45)46)31-20(4)11-12-26(38)21(31)5)47-35(52)28(14-19(2)3)49-18-22(10-9-13-48(6)7)24(16-29(49)50)36(41,42)43;1-17(2)12-26(47-16-20(8-7-11-46(5)6)22(14-27(47)48)34(39,40)41)33(51)45-25(15-28(49)50)30-31(37)21(13-23(32(30)38)35(42,43)44)29-18(3)9-10-24(36)19(29)4/h11-12,15-16,18-19,27-28H,8-10,13-14,17H2,1-7H3,(H,47,52);9-10,13-14,16-17,25-26H,7-8,11-12,15H2,1-6H3,(H,45,51)(H,49,50)/t27-,28?;25-,26?/m00/s1. The van der Waals surface area contributed by atoms with Crippen molar-refractivity contribution in [1.29, 1.82) is 0 Å².